The third kappa shape index (κ3) is 3.08. The van der Waals surface area contributed by atoms with Crippen molar-refractivity contribution in [1.82, 2.24) is 4.31 Å². The molecule has 0 spiro atoms. The molecule has 3 heteroatoms. The maximum absolute atomic E-state index is 9.49. The Balaban J connectivity index is 3.79. The van der Waals surface area contributed by atoms with Crippen LogP contribution < -0.4 is 0 Å². The van der Waals surface area contributed by atoms with Crippen LogP contribution in [0.1, 0.15) is 13.8 Å². The van der Waals surface area contributed by atoms with Gasteiger partial charge in [0.1, 0.15) is 0 Å². The lowest BCUT2D eigenvalue weighted by atomic mass is 10.7. The van der Waals surface area contributed by atoms with Crippen molar-refractivity contribution in [3.05, 3.63) is 0 Å². The van der Waals surface area contributed by atoms with Gasteiger partial charge < -0.3 is 4.55 Å². The zero-order chi connectivity index (χ0) is 7.49. The van der Waals surface area contributed by atoms with E-state index in [1.165, 1.54) is 0 Å². The molecule has 9 heavy (non-hydrogen) atoms. The lowest BCUT2D eigenvalue weighted by Crippen LogP contribution is -2.25. The van der Waals surface area contributed by atoms with Crippen LogP contribution in [-0.2, 0) is 0 Å². The third-order valence-corrected chi connectivity index (χ3v) is 3.12. The van der Waals surface area contributed by atoms with Crippen LogP contribution in [0.4, 0.5) is 0 Å². The molecule has 0 aromatic heterocycles. The van der Waals surface area contributed by atoms with Gasteiger partial charge in [-0.25, -0.2) is 4.31 Å². The van der Waals surface area contributed by atoms with E-state index in [1.54, 1.807) is 0 Å². The Hall–Kier alpha value is 0.270. The fourth-order valence-electron chi connectivity index (χ4n) is 0.855. The summed E-state index contributed by atoms with van der Waals surface area (Å²) in [7, 11) is -1.43. The molecule has 0 radical (unpaired) electrons. The first-order valence-corrected chi connectivity index (χ1v) is 5.59. The molecule has 0 atom stereocenters. The van der Waals surface area contributed by atoms with E-state index in [4.69, 9.17) is 0 Å². The molecule has 0 heterocycles. The van der Waals surface area contributed by atoms with Crippen LogP contribution in [0.2, 0.25) is 0 Å². The Labute approximate surface area is 59.5 Å². The minimum atomic E-state index is -1.43. The largest absolute Gasteiger partial charge is 0.339 e. The molecule has 0 saturated heterocycles. The quantitative estimate of drug-likeness (QED) is 0.664. The van der Waals surface area contributed by atoms with Gasteiger partial charge in [-0.2, -0.15) is 0 Å². The van der Waals surface area contributed by atoms with E-state index in [0.717, 1.165) is 13.1 Å². The molecule has 58 valence electrons. The Morgan fingerprint density at radius 1 is 1.22 bits per heavy atom. The first-order valence-electron chi connectivity index (χ1n) is 3.23. The van der Waals surface area contributed by atoms with E-state index < -0.39 is 10.5 Å². The van der Waals surface area contributed by atoms with Crippen LogP contribution in [0.15, 0.2) is 0 Å². The van der Waals surface area contributed by atoms with Gasteiger partial charge in [-0.15, -0.1) is 0 Å². The zero-order valence-electron chi connectivity index (χ0n) is 6.72. The number of rotatable bonds is 3. The highest BCUT2D eigenvalue weighted by atomic mass is 32.3. The molecule has 0 saturated carbocycles. The van der Waals surface area contributed by atoms with Gasteiger partial charge in [0.05, 0.1) is 0 Å². The van der Waals surface area contributed by atoms with Gasteiger partial charge in [0.2, 0.25) is 0 Å². The molecule has 0 amide bonds. The zero-order valence-corrected chi connectivity index (χ0v) is 7.53. The fraction of sp³-hybridized carbons (Fsp3) is 1.00. The van der Waals surface area contributed by atoms with Gasteiger partial charge in [0.15, 0.2) is 0 Å². The molecule has 0 bridgehead atoms. The predicted octanol–water partition coefficient (Wildman–Crippen LogP) is 1.78. The number of nitrogens with zero attached hydrogens (tertiary/aromatic N) is 1. The smallest absolute Gasteiger partial charge is 0.00647 e. The van der Waals surface area contributed by atoms with Gasteiger partial charge >= 0.3 is 0 Å². The van der Waals surface area contributed by atoms with Crippen LogP contribution in [0.25, 0.3) is 0 Å². The summed E-state index contributed by atoms with van der Waals surface area (Å²) in [6.45, 7) is 6.01. The average Bonchev–Trinajstić information content (AvgIpc) is 1.65. The van der Waals surface area contributed by atoms with Crippen molar-refractivity contribution in [2.75, 3.05) is 25.6 Å². The Bertz CT molecular complexity index is 75.6. The van der Waals surface area contributed by atoms with Crippen LogP contribution in [-0.4, -0.2) is 34.5 Å². The summed E-state index contributed by atoms with van der Waals surface area (Å²) in [5, 5.41) is 0. The summed E-state index contributed by atoms with van der Waals surface area (Å²) in [5.41, 5.74) is 0. The van der Waals surface area contributed by atoms with E-state index in [-0.39, 0.29) is 0 Å². The van der Waals surface area contributed by atoms with Crippen LogP contribution in [0, 0.1) is 0 Å². The number of hydrogen-bond donors (Lipinski definition) is 1. The highest BCUT2D eigenvalue weighted by Gasteiger charge is 2.13. The van der Waals surface area contributed by atoms with E-state index in [0.29, 0.717) is 0 Å². The molecular formula is C6H17NOS. The Morgan fingerprint density at radius 3 is 1.56 bits per heavy atom. The van der Waals surface area contributed by atoms with Crippen molar-refractivity contribution in [3.63, 3.8) is 0 Å². The lowest BCUT2D eigenvalue weighted by Gasteiger charge is -2.36. The molecule has 1 N–H and O–H groups in total. The molecule has 0 fully saturated rings. The Morgan fingerprint density at radius 2 is 1.56 bits per heavy atom. The monoisotopic (exact) mass is 151 g/mol. The van der Waals surface area contributed by atoms with Crippen molar-refractivity contribution in [2.45, 2.75) is 13.8 Å². The normalized spacial score (nSPS) is 14.4. The van der Waals surface area contributed by atoms with Crippen molar-refractivity contribution < 1.29 is 4.55 Å². The first kappa shape index (κ1) is 9.27. The first-order chi connectivity index (χ1) is 4.02. The second-order valence-electron chi connectivity index (χ2n) is 2.33. The summed E-state index contributed by atoms with van der Waals surface area (Å²) in [6.07, 6.45) is 3.78. The standard InChI is InChI=1S/C6H17NOS/c1-5-7(6-2)9(3,4)8/h8H,5-6H2,1-4H3. The topological polar surface area (TPSA) is 23.5 Å². The second kappa shape index (κ2) is 3.44. The summed E-state index contributed by atoms with van der Waals surface area (Å²) in [6, 6.07) is 0. The number of hydrogen-bond acceptors (Lipinski definition) is 2. The molecular weight excluding hydrogens is 134 g/mol. The van der Waals surface area contributed by atoms with Crippen LogP contribution in [0.5, 0.6) is 0 Å². The van der Waals surface area contributed by atoms with E-state index in [9.17, 15) is 4.55 Å². The van der Waals surface area contributed by atoms with Gasteiger partial charge in [0, 0.05) is 13.1 Å². The summed E-state index contributed by atoms with van der Waals surface area (Å²) in [4.78, 5) is 0. The predicted molar refractivity (Wildman–Crippen MR) is 45.0 cm³/mol. The highest BCUT2D eigenvalue weighted by Crippen LogP contribution is 2.38. The lowest BCUT2D eigenvalue weighted by molar-refractivity contribution is 0.455. The molecule has 0 aliphatic heterocycles. The van der Waals surface area contributed by atoms with Gasteiger partial charge in [-0.05, 0) is 12.5 Å². The second-order valence-corrected chi connectivity index (χ2v) is 5.29. The van der Waals surface area contributed by atoms with Crippen LogP contribution >= 0.6 is 10.5 Å². The maximum atomic E-state index is 9.49. The molecule has 0 aliphatic carbocycles. The fourth-order valence-corrected chi connectivity index (χ4v) is 2.12. The van der Waals surface area contributed by atoms with Gasteiger partial charge in [0.25, 0.3) is 0 Å². The van der Waals surface area contributed by atoms with E-state index in [2.05, 4.69) is 18.2 Å². The average molecular weight is 151 g/mol. The van der Waals surface area contributed by atoms with Gasteiger partial charge in [-0.1, -0.05) is 24.3 Å². The van der Waals surface area contributed by atoms with Crippen molar-refractivity contribution in [1.29, 1.82) is 0 Å². The minimum Gasteiger partial charge on any atom is -0.339 e. The molecule has 0 aromatic rings. The van der Waals surface area contributed by atoms with Crippen molar-refractivity contribution in [2.24, 2.45) is 0 Å². The summed E-state index contributed by atoms with van der Waals surface area (Å²) >= 11 is 0. The maximum Gasteiger partial charge on any atom is 0.00647 e. The highest BCUT2D eigenvalue weighted by molar-refractivity contribution is 8.26. The summed E-state index contributed by atoms with van der Waals surface area (Å²) < 4.78 is 11.6. The molecule has 0 aromatic carbocycles. The summed E-state index contributed by atoms with van der Waals surface area (Å²) in [5.74, 6) is 0. The third-order valence-electron chi connectivity index (χ3n) is 1.34. The Kier molecular flexibility index (Phi) is 3.54. The van der Waals surface area contributed by atoms with E-state index >= 15 is 0 Å². The molecule has 0 rings (SSSR count). The van der Waals surface area contributed by atoms with Crippen molar-refractivity contribution >= 4 is 10.5 Å². The molecule has 0 aliphatic rings. The molecule has 2 nitrogen and oxygen atoms in total. The van der Waals surface area contributed by atoms with Crippen LogP contribution in [0.3, 0.4) is 0 Å². The van der Waals surface area contributed by atoms with Crippen molar-refractivity contribution in [3.8, 4) is 0 Å². The van der Waals surface area contributed by atoms with E-state index in [1.807, 2.05) is 12.5 Å². The molecule has 0 unspecified atom stereocenters. The SMILES string of the molecule is CCN(CC)S(C)(C)O. The van der Waals surface area contributed by atoms with Gasteiger partial charge in [-0.3, -0.25) is 0 Å². The minimum absolute atomic E-state index is 0.940.